The van der Waals surface area contributed by atoms with Crippen LogP contribution in [0.15, 0.2) is 42.5 Å². The molecule has 1 nitrogen and oxygen atoms in total. The molecule has 0 heterocycles. The van der Waals surface area contributed by atoms with Gasteiger partial charge in [-0.15, -0.1) is 0 Å². The van der Waals surface area contributed by atoms with Crippen LogP contribution in [0.25, 0.3) is 0 Å². The minimum Gasteiger partial charge on any atom is -0.383 e. The maximum atomic E-state index is 13.4. The van der Waals surface area contributed by atoms with Gasteiger partial charge in [0.05, 0.1) is 0 Å². The Bertz CT molecular complexity index is 540. The van der Waals surface area contributed by atoms with Crippen LogP contribution in [0, 0.1) is 17.5 Å². The van der Waals surface area contributed by atoms with E-state index in [1.807, 2.05) is 0 Å². The number of rotatable bonds is 2. The zero-order chi connectivity index (χ0) is 12.4. The van der Waals surface area contributed by atoms with Gasteiger partial charge in [-0.2, -0.15) is 0 Å². The second kappa shape index (κ2) is 4.59. The summed E-state index contributed by atoms with van der Waals surface area (Å²) >= 11 is 0. The Kier molecular flexibility index (Phi) is 3.15. The minimum atomic E-state index is -1.52. The van der Waals surface area contributed by atoms with Crippen LogP contribution in [0.2, 0.25) is 0 Å². The van der Waals surface area contributed by atoms with Crippen molar-refractivity contribution in [2.45, 2.75) is 6.10 Å². The Balaban J connectivity index is 2.47. The molecule has 2 aromatic rings. The van der Waals surface area contributed by atoms with Crippen LogP contribution < -0.4 is 0 Å². The van der Waals surface area contributed by atoms with Crippen molar-refractivity contribution in [3.05, 3.63) is 71.0 Å². The van der Waals surface area contributed by atoms with E-state index in [2.05, 4.69) is 0 Å². The zero-order valence-corrected chi connectivity index (χ0v) is 8.70. The molecule has 0 saturated carbocycles. The summed E-state index contributed by atoms with van der Waals surface area (Å²) in [5, 5.41) is 9.83. The third kappa shape index (κ3) is 2.31. The first-order valence-electron chi connectivity index (χ1n) is 4.97. The van der Waals surface area contributed by atoms with Crippen LogP contribution in [0.3, 0.4) is 0 Å². The Morgan fingerprint density at radius 1 is 0.824 bits per heavy atom. The summed E-state index contributed by atoms with van der Waals surface area (Å²) in [6, 6.07) is 8.13. The third-order valence-electron chi connectivity index (χ3n) is 2.45. The van der Waals surface area contributed by atoms with E-state index in [4.69, 9.17) is 0 Å². The van der Waals surface area contributed by atoms with Crippen LogP contribution in [0.4, 0.5) is 13.2 Å². The molecule has 0 radical (unpaired) electrons. The Hall–Kier alpha value is -1.81. The standard InChI is InChI=1S/C13H9F3O/c14-8-5-6-12(16)10(7-8)13(17)9-3-1-2-4-11(9)15/h1-7,13,17H. The van der Waals surface area contributed by atoms with Crippen LogP contribution in [0.1, 0.15) is 17.2 Å². The van der Waals surface area contributed by atoms with Crippen molar-refractivity contribution in [3.8, 4) is 0 Å². The average Bonchev–Trinajstić information content (AvgIpc) is 2.32. The first kappa shape index (κ1) is 11.7. The maximum Gasteiger partial charge on any atom is 0.129 e. The topological polar surface area (TPSA) is 20.2 Å². The second-order valence-electron chi connectivity index (χ2n) is 3.59. The van der Waals surface area contributed by atoms with Gasteiger partial charge in [-0.3, -0.25) is 0 Å². The van der Waals surface area contributed by atoms with Crippen molar-refractivity contribution < 1.29 is 18.3 Å². The summed E-state index contributed by atoms with van der Waals surface area (Å²) in [4.78, 5) is 0. The van der Waals surface area contributed by atoms with Gasteiger partial charge in [0, 0.05) is 11.1 Å². The molecule has 2 rings (SSSR count). The second-order valence-corrected chi connectivity index (χ2v) is 3.59. The molecule has 1 atom stereocenters. The predicted molar refractivity (Wildman–Crippen MR) is 56.8 cm³/mol. The highest BCUT2D eigenvalue weighted by Crippen LogP contribution is 2.26. The SMILES string of the molecule is OC(c1ccccc1F)c1cc(F)ccc1F. The van der Waals surface area contributed by atoms with Gasteiger partial charge in [0.15, 0.2) is 0 Å². The highest BCUT2D eigenvalue weighted by Gasteiger charge is 2.18. The molecule has 0 saturated heterocycles. The van der Waals surface area contributed by atoms with Crippen LogP contribution >= 0.6 is 0 Å². The van der Waals surface area contributed by atoms with Gasteiger partial charge in [0.2, 0.25) is 0 Å². The number of halogens is 3. The molecule has 88 valence electrons. The fourth-order valence-corrected chi connectivity index (χ4v) is 1.59. The van der Waals surface area contributed by atoms with Gasteiger partial charge in [0.25, 0.3) is 0 Å². The van der Waals surface area contributed by atoms with E-state index >= 15 is 0 Å². The molecule has 1 N–H and O–H groups in total. The quantitative estimate of drug-likeness (QED) is 0.851. The number of hydrogen-bond acceptors (Lipinski definition) is 1. The highest BCUT2D eigenvalue weighted by atomic mass is 19.1. The van der Waals surface area contributed by atoms with Gasteiger partial charge in [-0.1, -0.05) is 18.2 Å². The van der Waals surface area contributed by atoms with Crippen molar-refractivity contribution in [2.75, 3.05) is 0 Å². The summed E-state index contributed by atoms with van der Waals surface area (Å²) in [6.07, 6.45) is -1.52. The first-order chi connectivity index (χ1) is 8.09. The molecular formula is C13H9F3O. The van der Waals surface area contributed by atoms with Crippen LogP contribution in [0.5, 0.6) is 0 Å². The molecule has 0 amide bonds. The average molecular weight is 238 g/mol. The summed E-state index contributed by atoms with van der Waals surface area (Å²) in [6.45, 7) is 0. The molecule has 0 aliphatic rings. The van der Waals surface area contributed by atoms with E-state index < -0.39 is 23.6 Å². The summed E-state index contributed by atoms with van der Waals surface area (Å²) in [5.41, 5.74) is -0.368. The molecule has 0 aromatic heterocycles. The molecule has 0 bridgehead atoms. The van der Waals surface area contributed by atoms with Crippen molar-refractivity contribution >= 4 is 0 Å². The van der Waals surface area contributed by atoms with Crippen molar-refractivity contribution in [3.63, 3.8) is 0 Å². The maximum absolute atomic E-state index is 13.4. The Morgan fingerprint density at radius 2 is 1.47 bits per heavy atom. The van der Waals surface area contributed by atoms with Crippen molar-refractivity contribution in [1.29, 1.82) is 0 Å². The minimum absolute atomic E-state index is 0.0861. The normalized spacial score (nSPS) is 12.5. The largest absolute Gasteiger partial charge is 0.383 e. The summed E-state index contributed by atoms with van der Waals surface area (Å²) in [5.74, 6) is -2.12. The van der Waals surface area contributed by atoms with E-state index in [1.54, 1.807) is 0 Å². The third-order valence-corrected chi connectivity index (χ3v) is 2.45. The molecule has 0 aliphatic carbocycles. The van der Waals surface area contributed by atoms with Gasteiger partial charge in [-0.05, 0) is 24.3 Å². The fourth-order valence-electron chi connectivity index (χ4n) is 1.59. The van der Waals surface area contributed by atoms with Gasteiger partial charge in [-0.25, -0.2) is 13.2 Å². The van der Waals surface area contributed by atoms with Gasteiger partial charge >= 0.3 is 0 Å². The van der Waals surface area contributed by atoms with Gasteiger partial charge in [0.1, 0.15) is 23.6 Å². The lowest BCUT2D eigenvalue weighted by Crippen LogP contribution is -2.05. The van der Waals surface area contributed by atoms with Crippen LogP contribution in [-0.2, 0) is 0 Å². The molecule has 2 aromatic carbocycles. The monoisotopic (exact) mass is 238 g/mol. The highest BCUT2D eigenvalue weighted by molar-refractivity contribution is 5.31. The molecule has 0 fully saturated rings. The number of aliphatic hydroxyl groups is 1. The number of hydrogen-bond donors (Lipinski definition) is 1. The van der Waals surface area contributed by atoms with Crippen LogP contribution in [-0.4, -0.2) is 5.11 Å². The van der Waals surface area contributed by atoms with Crippen molar-refractivity contribution in [2.24, 2.45) is 0 Å². The van der Waals surface area contributed by atoms with E-state index in [1.165, 1.54) is 18.2 Å². The predicted octanol–water partition coefficient (Wildman–Crippen LogP) is 3.19. The summed E-state index contributed by atoms with van der Waals surface area (Å²) in [7, 11) is 0. The van der Waals surface area contributed by atoms with E-state index in [9.17, 15) is 18.3 Å². The van der Waals surface area contributed by atoms with E-state index in [-0.39, 0.29) is 11.1 Å². The number of aliphatic hydroxyl groups excluding tert-OH is 1. The molecule has 17 heavy (non-hydrogen) atoms. The molecule has 0 aliphatic heterocycles. The molecule has 4 heteroatoms. The zero-order valence-electron chi connectivity index (χ0n) is 8.70. The molecule has 1 unspecified atom stereocenters. The molecular weight excluding hydrogens is 229 g/mol. The Morgan fingerprint density at radius 3 is 2.18 bits per heavy atom. The smallest absolute Gasteiger partial charge is 0.129 e. The van der Waals surface area contributed by atoms with E-state index in [0.717, 1.165) is 24.3 Å². The number of benzene rings is 2. The lowest BCUT2D eigenvalue weighted by atomic mass is 10.0. The molecule has 0 spiro atoms. The summed E-state index contributed by atoms with van der Waals surface area (Å²) < 4.78 is 39.7. The van der Waals surface area contributed by atoms with Crippen molar-refractivity contribution in [1.82, 2.24) is 0 Å². The Labute approximate surface area is 96.1 Å². The lowest BCUT2D eigenvalue weighted by molar-refractivity contribution is 0.209. The first-order valence-corrected chi connectivity index (χ1v) is 4.97. The van der Waals surface area contributed by atoms with Gasteiger partial charge < -0.3 is 5.11 Å². The lowest BCUT2D eigenvalue weighted by Gasteiger charge is -2.13. The van der Waals surface area contributed by atoms with E-state index in [0.29, 0.717) is 0 Å². The fraction of sp³-hybridized carbons (Fsp3) is 0.0769.